The first-order valence-corrected chi connectivity index (χ1v) is 9.80. The van der Waals surface area contributed by atoms with Gasteiger partial charge in [0.1, 0.15) is 0 Å². The molecule has 5 nitrogen and oxygen atoms in total. The number of rotatable bonds is 3. The maximum Gasteiger partial charge on any atom is 0.261 e. The van der Waals surface area contributed by atoms with Crippen molar-refractivity contribution >= 4 is 56.0 Å². The number of para-hydroxylation sites is 1. The fraction of sp³-hybridized carbons (Fsp3) is 0.174. The molecule has 3 aromatic carbocycles. The van der Waals surface area contributed by atoms with Crippen LogP contribution in [0, 0.1) is 0 Å². The molecule has 2 amide bonds. The van der Waals surface area contributed by atoms with E-state index < -0.39 is 0 Å². The molecule has 2 heterocycles. The van der Waals surface area contributed by atoms with Crippen LogP contribution in [0.4, 0.5) is 0 Å². The number of carbonyl (C=O) groups excluding carboxylic acids is 2. The van der Waals surface area contributed by atoms with Crippen LogP contribution in [0.1, 0.15) is 20.7 Å². The zero-order valence-corrected chi connectivity index (χ0v) is 16.8. The molecule has 144 valence electrons. The van der Waals surface area contributed by atoms with Crippen molar-refractivity contribution in [2.75, 3.05) is 27.2 Å². The quantitative estimate of drug-likeness (QED) is 0.290. The summed E-state index contributed by atoms with van der Waals surface area (Å²) >= 11 is 6.74. The van der Waals surface area contributed by atoms with Gasteiger partial charge in [0.05, 0.1) is 16.1 Å². The van der Waals surface area contributed by atoms with E-state index in [9.17, 15) is 9.59 Å². The third kappa shape index (κ3) is 2.62. The standard InChI is InChI=1S/C23H18ClN3O2/c1-26(2)10-11-27-22(28)15-8-5-7-14-19(15)16(23(27)29)12-17-20(24)13-6-3-4-9-18(13)25-21(14)17/h3-9,12H,10-11H2,1-2H3. The number of nitrogens with zero attached hydrogens (tertiary/aromatic N) is 3. The van der Waals surface area contributed by atoms with Crippen molar-refractivity contribution in [1.82, 2.24) is 14.8 Å². The second-order valence-electron chi connectivity index (χ2n) is 7.56. The van der Waals surface area contributed by atoms with Crippen LogP contribution in [0.25, 0.3) is 32.6 Å². The van der Waals surface area contributed by atoms with Crippen molar-refractivity contribution in [2.45, 2.75) is 0 Å². The van der Waals surface area contributed by atoms with E-state index in [0.29, 0.717) is 40.1 Å². The van der Waals surface area contributed by atoms with E-state index in [4.69, 9.17) is 16.6 Å². The third-order valence-electron chi connectivity index (χ3n) is 5.46. The first-order chi connectivity index (χ1) is 14.0. The number of imide groups is 1. The van der Waals surface area contributed by atoms with Crippen LogP contribution in [0.5, 0.6) is 0 Å². The van der Waals surface area contributed by atoms with Crippen molar-refractivity contribution in [1.29, 1.82) is 0 Å². The summed E-state index contributed by atoms with van der Waals surface area (Å²) in [6.45, 7) is 0.936. The van der Waals surface area contributed by atoms with E-state index in [1.165, 1.54) is 4.90 Å². The van der Waals surface area contributed by atoms with Gasteiger partial charge in [-0.3, -0.25) is 14.5 Å². The molecule has 0 unspecified atom stereocenters. The molecule has 0 aliphatic carbocycles. The van der Waals surface area contributed by atoms with E-state index in [2.05, 4.69) is 0 Å². The molecule has 0 N–H and O–H groups in total. The molecule has 6 heteroatoms. The Morgan fingerprint density at radius 1 is 0.931 bits per heavy atom. The number of halogens is 1. The van der Waals surface area contributed by atoms with Crippen molar-refractivity contribution < 1.29 is 9.59 Å². The van der Waals surface area contributed by atoms with Crippen molar-refractivity contribution in [3.63, 3.8) is 0 Å². The summed E-state index contributed by atoms with van der Waals surface area (Å²) < 4.78 is 0. The SMILES string of the molecule is CN(C)CCN1C(=O)c2cccc3c2c(cc2c(Cl)c4ccccc4nc23)C1=O. The molecule has 0 bridgehead atoms. The molecule has 0 saturated carbocycles. The number of carbonyl (C=O) groups is 2. The minimum atomic E-state index is -0.285. The predicted molar refractivity (Wildman–Crippen MR) is 116 cm³/mol. The fourth-order valence-electron chi connectivity index (χ4n) is 4.01. The van der Waals surface area contributed by atoms with Crippen LogP contribution < -0.4 is 0 Å². The van der Waals surface area contributed by atoms with Crippen LogP contribution in [-0.4, -0.2) is 53.8 Å². The van der Waals surface area contributed by atoms with Gasteiger partial charge in [0.2, 0.25) is 0 Å². The normalized spacial score (nSPS) is 14.0. The van der Waals surface area contributed by atoms with Crippen LogP contribution in [0.15, 0.2) is 48.5 Å². The van der Waals surface area contributed by atoms with E-state index in [1.54, 1.807) is 12.1 Å². The Morgan fingerprint density at radius 3 is 2.45 bits per heavy atom. The number of hydrogen-bond acceptors (Lipinski definition) is 4. The smallest absolute Gasteiger partial charge is 0.261 e. The molecule has 4 aromatic rings. The Hall–Kier alpha value is -3.02. The molecular formula is C23H18ClN3O2. The number of aromatic nitrogens is 1. The monoisotopic (exact) mass is 403 g/mol. The first kappa shape index (κ1) is 18.0. The van der Waals surface area contributed by atoms with Crippen LogP contribution in [0.2, 0.25) is 5.02 Å². The minimum absolute atomic E-state index is 0.263. The average molecular weight is 404 g/mol. The highest BCUT2D eigenvalue weighted by Gasteiger charge is 2.33. The highest BCUT2D eigenvalue weighted by Crippen LogP contribution is 2.39. The number of pyridine rings is 1. The molecule has 29 heavy (non-hydrogen) atoms. The van der Waals surface area contributed by atoms with Crippen molar-refractivity contribution in [3.8, 4) is 0 Å². The van der Waals surface area contributed by atoms with E-state index in [-0.39, 0.29) is 11.8 Å². The lowest BCUT2D eigenvalue weighted by Crippen LogP contribution is -2.43. The van der Waals surface area contributed by atoms with Gasteiger partial charge in [-0.15, -0.1) is 0 Å². The van der Waals surface area contributed by atoms with Gasteiger partial charge in [0, 0.05) is 45.8 Å². The molecule has 0 radical (unpaired) electrons. The highest BCUT2D eigenvalue weighted by molar-refractivity contribution is 6.42. The summed E-state index contributed by atoms with van der Waals surface area (Å²) in [7, 11) is 3.83. The lowest BCUT2D eigenvalue weighted by Gasteiger charge is -2.28. The van der Waals surface area contributed by atoms with Gasteiger partial charge in [-0.1, -0.05) is 41.9 Å². The molecule has 5 rings (SSSR count). The van der Waals surface area contributed by atoms with E-state index in [1.807, 2.05) is 55.4 Å². The molecule has 1 aromatic heterocycles. The van der Waals surface area contributed by atoms with Gasteiger partial charge in [-0.25, -0.2) is 4.98 Å². The minimum Gasteiger partial charge on any atom is -0.308 e. The maximum absolute atomic E-state index is 13.3. The zero-order valence-electron chi connectivity index (χ0n) is 16.1. The largest absolute Gasteiger partial charge is 0.308 e. The highest BCUT2D eigenvalue weighted by atomic mass is 35.5. The molecule has 0 fully saturated rings. The Balaban J connectivity index is 1.85. The zero-order chi connectivity index (χ0) is 20.3. The summed E-state index contributed by atoms with van der Waals surface area (Å²) in [5, 5.41) is 3.57. The molecule has 1 aliphatic heterocycles. The number of likely N-dealkylation sites (N-methyl/N-ethyl adjacent to an activating group) is 1. The summed E-state index contributed by atoms with van der Waals surface area (Å²) in [5.41, 5.74) is 2.52. The van der Waals surface area contributed by atoms with Gasteiger partial charge in [0.15, 0.2) is 0 Å². The molecule has 0 saturated heterocycles. The lowest BCUT2D eigenvalue weighted by molar-refractivity contribution is 0.0601. The first-order valence-electron chi connectivity index (χ1n) is 9.42. The molecular weight excluding hydrogens is 386 g/mol. The number of benzene rings is 3. The second kappa shape index (κ2) is 6.51. The Labute approximate surface area is 172 Å². The Kier molecular flexibility index (Phi) is 4.05. The number of fused-ring (bicyclic) bond motifs is 3. The maximum atomic E-state index is 13.3. The molecule has 0 atom stereocenters. The lowest BCUT2D eigenvalue weighted by atomic mass is 9.91. The molecule has 1 aliphatic rings. The van der Waals surface area contributed by atoms with Gasteiger partial charge >= 0.3 is 0 Å². The van der Waals surface area contributed by atoms with Crippen LogP contribution in [0.3, 0.4) is 0 Å². The topological polar surface area (TPSA) is 53.5 Å². The van der Waals surface area contributed by atoms with Crippen LogP contribution >= 0.6 is 11.6 Å². The van der Waals surface area contributed by atoms with E-state index >= 15 is 0 Å². The second-order valence-corrected chi connectivity index (χ2v) is 7.93. The van der Waals surface area contributed by atoms with Gasteiger partial charge < -0.3 is 4.90 Å². The number of hydrogen-bond donors (Lipinski definition) is 0. The fourth-order valence-corrected chi connectivity index (χ4v) is 4.32. The van der Waals surface area contributed by atoms with E-state index in [0.717, 1.165) is 21.7 Å². The van der Waals surface area contributed by atoms with Gasteiger partial charge in [-0.2, -0.15) is 0 Å². The predicted octanol–water partition coefficient (Wildman–Crippen LogP) is 4.35. The number of amides is 2. The van der Waals surface area contributed by atoms with Gasteiger partial charge in [0.25, 0.3) is 11.8 Å². The van der Waals surface area contributed by atoms with Crippen molar-refractivity contribution in [2.24, 2.45) is 0 Å². The average Bonchev–Trinajstić information content (AvgIpc) is 2.72. The Morgan fingerprint density at radius 2 is 1.66 bits per heavy atom. The van der Waals surface area contributed by atoms with Gasteiger partial charge in [-0.05, 0) is 32.3 Å². The summed E-state index contributed by atoms with van der Waals surface area (Å²) in [5.74, 6) is -0.548. The Bertz CT molecular complexity index is 1350. The summed E-state index contributed by atoms with van der Waals surface area (Å²) in [6.07, 6.45) is 0. The van der Waals surface area contributed by atoms with Crippen LogP contribution in [-0.2, 0) is 0 Å². The summed E-state index contributed by atoms with van der Waals surface area (Å²) in [4.78, 5) is 34.4. The molecule has 0 spiro atoms. The van der Waals surface area contributed by atoms with Crippen molar-refractivity contribution in [3.05, 3.63) is 64.7 Å². The summed E-state index contributed by atoms with van der Waals surface area (Å²) in [6, 6.07) is 15.0. The third-order valence-corrected chi connectivity index (χ3v) is 5.87.